The van der Waals surface area contributed by atoms with Crippen LogP contribution in [0.5, 0.6) is 5.75 Å². The van der Waals surface area contributed by atoms with Gasteiger partial charge in [-0.3, -0.25) is 0 Å². The van der Waals surface area contributed by atoms with Gasteiger partial charge in [-0.15, -0.1) is 0 Å². The van der Waals surface area contributed by atoms with E-state index in [1.54, 1.807) is 7.11 Å². The molecule has 0 aliphatic heterocycles. The normalized spacial score (nSPS) is 12.1. The van der Waals surface area contributed by atoms with E-state index in [1.165, 1.54) is 5.56 Å². The number of halogens is 1. The average molecular weight is 416 g/mol. The first-order valence-corrected chi connectivity index (χ1v) is 9.41. The molecule has 0 fully saturated rings. The Bertz CT molecular complexity index is 836. The van der Waals surface area contributed by atoms with Crippen LogP contribution in [0.2, 0.25) is 0 Å². The van der Waals surface area contributed by atoms with Crippen molar-refractivity contribution in [2.75, 3.05) is 13.7 Å². The van der Waals surface area contributed by atoms with Gasteiger partial charge in [0, 0.05) is 18.0 Å². The molecule has 2 aromatic carbocycles. The van der Waals surface area contributed by atoms with Gasteiger partial charge in [0.2, 0.25) is 11.7 Å². The van der Waals surface area contributed by atoms with Gasteiger partial charge in [-0.1, -0.05) is 41.6 Å². The van der Waals surface area contributed by atoms with Crippen LogP contribution in [0.25, 0.3) is 11.4 Å². The molecule has 3 rings (SSSR count). The zero-order valence-electron chi connectivity index (χ0n) is 14.9. The highest BCUT2D eigenvalue weighted by Crippen LogP contribution is 2.28. The molecular weight excluding hydrogens is 394 g/mol. The Morgan fingerprint density at radius 2 is 2.00 bits per heavy atom. The highest BCUT2D eigenvalue weighted by atomic mass is 79.9. The molecule has 1 heterocycles. The maximum Gasteiger partial charge on any atom is 0.227 e. The van der Waals surface area contributed by atoms with Gasteiger partial charge in [0.25, 0.3) is 0 Å². The molecule has 1 atom stereocenters. The van der Waals surface area contributed by atoms with E-state index in [0.29, 0.717) is 11.7 Å². The number of ether oxygens (including phenoxy) is 1. The standard InChI is InChI=1S/C20H22BrN3O2/c1-14(16-10-11-18(25-2)17(21)13-16)22-12-6-9-19-23-20(24-26-19)15-7-4-3-5-8-15/h3-5,7-8,10-11,13-14,22H,6,9,12H2,1-2H3. The number of rotatable bonds is 8. The van der Waals surface area contributed by atoms with Gasteiger partial charge in [0.05, 0.1) is 11.6 Å². The van der Waals surface area contributed by atoms with Crippen LogP contribution in [-0.4, -0.2) is 23.8 Å². The van der Waals surface area contributed by atoms with Gasteiger partial charge in [-0.25, -0.2) is 0 Å². The molecule has 0 amide bonds. The number of hydrogen-bond donors (Lipinski definition) is 1. The number of methoxy groups -OCH3 is 1. The quantitative estimate of drug-likeness (QED) is 0.535. The van der Waals surface area contributed by atoms with Crippen LogP contribution in [0, 0.1) is 0 Å². The monoisotopic (exact) mass is 415 g/mol. The van der Waals surface area contributed by atoms with Crippen LogP contribution in [-0.2, 0) is 6.42 Å². The molecular formula is C20H22BrN3O2. The van der Waals surface area contributed by atoms with E-state index in [1.807, 2.05) is 36.4 Å². The van der Waals surface area contributed by atoms with Crippen LogP contribution in [0.3, 0.4) is 0 Å². The zero-order chi connectivity index (χ0) is 18.4. The molecule has 0 saturated carbocycles. The van der Waals surface area contributed by atoms with Crippen LogP contribution >= 0.6 is 15.9 Å². The Morgan fingerprint density at radius 1 is 1.19 bits per heavy atom. The Labute approximate surface area is 161 Å². The first kappa shape index (κ1) is 18.6. The fraction of sp³-hybridized carbons (Fsp3) is 0.300. The fourth-order valence-electron chi connectivity index (χ4n) is 2.69. The molecule has 0 spiro atoms. The van der Waals surface area contributed by atoms with Crippen LogP contribution in [0.15, 0.2) is 57.5 Å². The lowest BCUT2D eigenvalue weighted by atomic mass is 10.1. The maximum atomic E-state index is 5.34. The molecule has 1 unspecified atom stereocenters. The van der Waals surface area contributed by atoms with Crippen LogP contribution in [0.4, 0.5) is 0 Å². The predicted octanol–water partition coefficient (Wildman–Crippen LogP) is 4.79. The summed E-state index contributed by atoms with van der Waals surface area (Å²) in [7, 11) is 1.67. The van der Waals surface area contributed by atoms with Crippen molar-refractivity contribution in [2.24, 2.45) is 0 Å². The van der Waals surface area contributed by atoms with Crippen molar-refractivity contribution in [1.29, 1.82) is 0 Å². The first-order valence-electron chi connectivity index (χ1n) is 8.62. The number of nitrogens with one attached hydrogen (secondary N) is 1. The van der Waals surface area contributed by atoms with E-state index in [-0.39, 0.29) is 6.04 Å². The SMILES string of the molecule is COc1ccc(C(C)NCCCc2nc(-c3ccccc3)no2)cc1Br. The third-order valence-corrected chi connectivity index (χ3v) is 4.81. The Morgan fingerprint density at radius 3 is 2.73 bits per heavy atom. The van der Waals surface area contributed by atoms with Gasteiger partial charge in [-0.2, -0.15) is 4.98 Å². The van der Waals surface area contributed by atoms with Crippen molar-refractivity contribution in [3.8, 4) is 17.1 Å². The first-order chi connectivity index (χ1) is 12.7. The van der Waals surface area contributed by atoms with Gasteiger partial charge >= 0.3 is 0 Å². The van der Waals surface area contributed by atoms with Gasteiger partial charge in [0.1, 0.15) is 5.75 Å². The molecule has 1 N–H and O–H groups in total. The number of aryl methyl sites for hydroxylation is 1. The number of aromatic nitrogens is 2. The largest absolute Gasteiger partial charge is 0.496 e. The molecule has 0 aliphatic carbocycles. The Balaban J connectivity index is 1.47. The fourth-order valence-corrected chi connectivity index (χ4v) is 3.25. The third-order valence-electron chi connectivity index (χ3n) is 4.19. The summed E-state index contributed by atoms with van der Waals surface area (Å²) in [5.41, 5.74) is 2.18. The van der Waals surface area contributed by atoms with Crippen molar-refractivity contribution in [1.82, 2.24) is 15.5 Å². The molecule has 0 aliphatic rings. The average Bonchev–Trinajstić information content (AvgIpc) is 3.14. The van der Waals surface area contributed by atoms with Crippen LogP contribution < -0.4 is 10.1 Å². The van der Waals surface area contributed by atoms with Gasteiger partial charge in [-0.05, 0) is 53.5 Å². The Kier molecular flexibility index (Phi) is 6.41. The molecule has 6 heteroatoms. The molecule has 0 bridgehead atoms. The zero-order valence-corrected chi connectivity index (χ0v) is 16.5. The summed E-state index contributed by atoms with van der Waals surface area (Å²) in [6.45, 7) is 3.02. The molecule has 1 aromatic heterocycles. The van der Waals surface area contributed by atoms with E-state index >= 15 is 0 Å². The van der Waals surface area contributed by atoms with Crippen molar-refractivity contribution < 1.29 is 9.26 Å². The minimum absolute atomic E-state index is 0.250. The van der Waals surface area contributed by atoms with Crippen LogP contribution in [0.1, 0.15) is 30.8 Å². The number of nitrogens with zero attached hydrogens (tertiary/aromatic N) is 2. The summed E-state index contributed by atoms with van der Waals surface area (Å²) in [4.78, 5) is 4.46. The molecule has 26 heavy (non-hydrogen) atoms. The van der Waals surface area contributed by atoms with Crippen molar-refractivity contribution in [2.45, 2.75) is 25.8 Å². The minimum atomic E-state index is 0.250. The summed E-state index contributed by atoms with van der Waals surface area (Å²) < 4.78 is 11.6. The summed E-state index contributed by atoms with van der Waals surface area (Å²) in [5.74, 6) is 2.15. The van der Waals surface area contributed by atoms with E-state index < -0.39 is 0 Å². The second-order valence-electron chi connectivity index (χ2n) is 6.05. The lowest BCUT2D eigenvalue weighted by molar-refractivity contribution is 0.373. The summed E-state index contributed by atoms with van der Waals surface area (Å²) in [6.07, 6.45) is 1.68. The topological polar surface area (TPSA) is 60.2 Å². The molecule has 0 radical (unpaired) electrons. The van der Waals surface area contributed by atoms with E-state index in [0.717, 1.165) is 35.2 Å². The van der Waals surface area contributed by atoms with E-state index in [9.17, 15) is 0 Å². The molecule has 136 valence electrons. The van der Waals surface area contributed by atoms with Crippen molar-refractivity contribution in [3.63, 3.8) is 0 Å². The van der Waals surface area contributed by atoms with Gasteiger partial charge in [0.15, 0.2) is 0 Å². The molecule has 3 aromatic rings. The molecule has 5 nitrogen and oxygen atoms in total. The lowest BCUT2D eigenvalue weighted by Crippen LogP contribution is -2.20. The predicted molar refractivity (Wildman–Crippen MR) is 105 cm³/mol. The highest BCUT2D eigenvalue weighted by Gasteiger charge is 2.10. The summed E-state index contributed by atoms with van der Waals surface area (Å²) in [6, 6.07) is 16.2. The number of hydrogen-bond acceptors (Lipinski definition) is 5. The minimum Gasteiger partial charge on any atom is -0.496 e. The smallest absolute Gasteiger partial charge is 0.227 e. The lowest BCUT2D eigenvalue weighted by Gasteiger charge is -2.15. The number of benzene rings is 2. The van der Waals surface area contributed by atoms with E-state index in [4.69, 9.17) is 9.26 Å². The highest BCUT2D eigenvalue weighted by molar-refractivity contribution is 9.10. The molecule has 0 saturated heterocycles. The Hall–Kier alpha value is -2.18. The van der Waals surface area contributed by atoms with Crippen molar-refractivity contribution >= 4 is 15.9 Å². The van der Waals surface area contributed by atoms with Crippen molar-refractivity contribution in [3.05, 3.63) is 64.5 Å². The van der Waals surface area contributed by atoms with E-state index in [2.05, 4.69) is 50.4 Å². The summed E-state index contributed by atoms with van der Waals surface area (Å²) >= 11 is 3.53. The van der Waals surface area contributed by atoms with Gasteiger partial charge < -0.3 is 14.6 Å². The maximum absolute atomic E-state index is 5.34. The second kappa shape index (κ2) is 8.96. The summed E-state index contributed by atoms with van der Waals surface area (Å²) in [5, 5.41) is 7.57. The second-order valence-corrected chi connectivity index (χ2v) is 6.91. The third kappa shape index (κ3) is 4.71.